The lowest BCUT2D eigenvalue weighted by Crippen LogP contribution is -2.28. The zero-order valence-corrected chi connectivity index (χ0v) is 11.4. The summed E-state index contributed by atoms with van der Waals surface area (Å²) in [6.45, 7) is 8.95. The van der Waals surface area contributed by atoms with E-state index in [1.54, 1.807) is 0 Å². The van der Waals surface area contributed by atoms with E-state index in [0.29, 0.717) is 6.04 Å². The van der Waals surface area contributed by atoms with Crippen LogP contribution in [0.15, 0.2) is 12.1 Å². The Morgan fingerprint density at radius 3 is 2.35 bits per heavy atom. The van der Waals surface area contributed by atoms with Crippen molar-refractivity contribution in [2.24, 2.45) is 5.92 Å². The summed E-state index contributed by atoms with van der Waals surface area (Å²) < 4.78 is 0. The molecule has 1 fully saturated rings. The Kier molecular flexibility index (Phi) is 3.85. The van der Waals surface area contributed by atoms with Gasteiger partial charge in [0.1, 0.15) is 0 Å². The molecule has 1 aromatic carbocycles. The third-order valence-electron chi connectivity index (χ3n) is 3.93. The lowest BCUT2D eigenvalue weighted by Gasteiger charge is -2.26. The van der Waals surface area contributed by atoms with Crippen molar-refractivity contribution in [1.29, 1.82) is 0 Å². The number of hydrogen-bond donors (Lipinski definition) is 2. The van der Waals surface area contributed by atoms with Crippen molar-refractivity contribution in [3.8, 4) is 0 Å². The van der Waals surface area contributed by atoms with Crippen LogP contribution in [0, 0.1) is 26.7 Å². The summed E-state index contributed by atoms with van der Waals surface area (Å²) >= 11 is 0. The number of rotatable bonds is 3. The van der Waals surface area contributed by atoms with Crippen molar-refractivity contribution in [3.63, 3.8) is 0 Å². The van der Waals surface area contributed by atoms with E-state index >= 15 is 0 Å². The predicted molar refractivity (Wildman–Crippen MR) is 73.4 cm³/mol. The second kappa shape index (κ2) is 5.19. The van der Waals surface area contributed by atoms with Crippen molar-refractivity contribution < 1.29 is 0 Å². The Morgan fingerprint density at radius 1 is 1.24 bits per heavy atom. The highest BCUT2D eigenvalue weighted by Crippen LogP contribution is 2.31. The lowest BCUT2D eigenvalue weighted by molar-refractivity contribution is 0.407. The van der Waals surface area contributed by atoms with Gasteiger partial charge in [-0.1, -0.05) is 17.7 Å². The molecule has 0 bridgehead atoms. The molecule has 1 heterocycles. The van der Waals surface area contributed by atoms with Crippen LogP contribution >= 0.6 is 0 Å². The van der Waals surface area contributed by atoms with E-state index in [4.69, 9.17) is 0 Å². The zero-order chi connectivity index (χ0) is 12.4. The van der Waals surface area contributed by atoms with Crippen LogP contribution in [0.2, 0.25) is 0 Å². The summed E-state index contributed by atoms with van der Waals surface area (Å²) in [6.07, 6.45) is 1.28. The molecule has 2 atom stereocenters. The molecule has 94 valence electrons. The largest absolute Gasteiger partial charge is 0.316 e. The molecule has 2 N–H and O–H groups in total. The van der Waals surface area contributed by atoms with Crippen molar-refractivity contribution in [2.75, 3.05) is 20.1 Å². The minimum atomic E-state index is 0.491. The van der Waals surface area contributed by atoms with Gasteiger partial charge in [-0.05, 0) is 69.9 Å². The van der Waals surface area contributed by atoms with Gasteiger partial charge < -0.3 is 10.6 Å². The van der Waals surface area contributed by atoms with Gasteiger partial charge in [0.2, 0.25) is 0 Å². The van der Waals surface area contributed by atoms with Gasteiger partial charge in [0.25, 0.3) is 0 Å². The molecule has 2 heteroatoms. The van der Waals surface area contributed by atoms with Crippen molar-refractivity contribution in [2.45, 2.75) is 33.2 Å². The van der Waals surface area contributed by atoms with Crippen LogP contribution in [0.5, 0.6) is 0 Å². The molecule has 0 aromatic heterocycles. The molecule has 0 aliphatic carbocycles. The van der Waals surface area contributed by atoms with Crippen LogP contribution in [0.3, 0.4) is 0 Å². The van der Waals surface area contributed by atoms with Crippen LogP contribution in [0.4, 0.5) is 0 Å². The fourth-order valence-corrected chi connectivity index (χ4v) is 3.26. The highest BCUT2D eigenvalue weighted by Gasteiger charge is 2.26. The van der Waals surface area contributed by atoms with E-state index < -0.39 is 0 Å². The maximum Gasteiger partial charge on any atom is 0.0364 e. The quantitative estimate of drug-likeness (QED) is 0.836. The van der Waals surface area contributed by atoms with Crippen LogP contribution < -0.4 is 10.6 Å². The fraction of sp³-hybridized carbons (Fsp3) is 0.600. The Labute approximate surface area is 105 Å². The summed E-state index contributed by atoms with van der Waals surface area (Å²) in [5.74, 6) is 0.722. The third-order valence-corrected chi connectivity index (χ3v) is 3.93. The van der Waals surface area contributed by atoms with Gasteiger partial charge in [-0.2, -0.15) is 0 Å². The maximum absolute atomic E-state index is 3.52. The molecule has 1 aliphatic rings. The molecule has 0 spiro atoms. The van der Waals surface area contributed by atoms with E-state index in [1.807, 2.05) is 0 Å². The SMILES string of the molecule is CNC(c1c(C)cc(C)cc1C)C1CCNC1. The first-order valence-electron chi connectivity index (χ1n) is 6.59. The Balaban J connectivity index is 2.36. The number of benzene rings is 1. The zero-order valence-electron chi connectivity index (χ0n) is 11.4. The van der Waals surface area contributed by atoms with Crippen molar-refractivity contribution >= 4 is 0 Å². The topological polar surface area (TPSA) is 24.1 Å². The van der Waals surface area contributed by atoms with Gasteiger partial charge in [-0.3, -0.25) is 0 Å². The van der Waals surface area contributed by atoms with E-state index in [2.05, 4.69) is 50.6 Å². The fourth-order valence-electron chi connectivity index (χ4n) is 3.26. The molecule has 0 saturated carbocycles. The number of hydrogen-bond acceptors (Lipinski definition) is 2. The molecular formula is C15H24N2. The van der Waals surface area contributed by atoms with Gasteiger partial charge in [-0.25, -0.2) is 0 Å². The highest BCUT2D eigenvalue weighted by molar-refractivity contribution is 5.40. The summed E-state index contributed by atoms with van der Waals surface area (Å²) in [5, 5.41) is 6.99. The third kappa shape index (κ3) is 2.53. The molecule has 17 heavy (non-hydrogen) atoms. The monoisotopic (exact) mass is 232 g/mol. The van der Waals surface area contributed by atoms with E-state index in [0.717, 1.165) is 19.0 Å². The van der Waals surface area contributed by atoms with Gasteiger partial charge >= 0.3 is 0 Å². The molecule has 2 rings (SSSR count). The minimum absolute atomic E-state index is 0.491. The molecule has 1 aromatic rings. The predicted octanol–water partition coefficient (Wildman–Crippen LogP) is 2.48. The van der Waals surface area contributed by atoms with Crippen molar-refractivity contribution in [1.82, 2.24) is 10.6 Å². The van der Waals surface area contributed by atoms with Crippen LogP contribution in [0.25, 0.3) is 0 Å². The van der Waals surface area contributed by atoms with E-state index in [-0.39, 0.29) is 0 Å². The highest BCUT2D eigenvalue weighted by atomic mass is 15.0. The summed E-state index contributed by atoms with van der Waals surface area (Å²) in [6, 6.07) is 5.09. The summed E-state index contributed by atoms with van der Waals surface area (Å²) in [5.41, 5.74) is 5.72. The van der Waals surface area contributed by atoms with Gasteiger partial charge in [-0.15, -0.1) is 0 Å². The second-order valence-electron chi connectivity index (χ2n) is 5.33. The lowest BCUT2D eigenvalue weighted by atomic mass is 9.86. The normalized spacial score (nSPS) is 21.8. The first-order valence-corrected chi connectivity index (χ1v) is 6.59. The van der Waals surface area contributed by atoms with Gasteiger partial charge in [0.05, 0.1) is 0 Å². The molecule has 1 aliphatic heterocycles. The Morgan fingerprint density at radius 2 is 1.88 bits per heavy atom. The molecular weight excluding hydrogens is 208 g/mol. The van der Waals surface area contributed by atoms with Crippen molar-refractivity contribution in [3.05, 3.63) is 34.4 Å². The van der Waals surface area contributed by atoms with Crippen LogP contribution in [-0.4, -0.2) is 20.1 Å². The number of nitrogens with one attached hydrogen (secondary N) is 2. The molecule has 0 amide bonds. The average Bonchev–Trinajstić information content (AvgIpc) is 2.76. The molecule has 2 unspecified atom stereocenters. The maximum atomic E-state index is 3.52. The first-order chi connectivity index (χ1) is 8.13. The van der Waals surface area contributed by atoms with Crippen LogP contribution in [0.1, 0.15) is 34.7 Å². The first kappa shape index (κ1) is 12.6. The number of aryl methyl sites for hydroxylation is 3. The smallest absolute Gasteiger partial charge is 0.0364 e. The minimum Gasteiger partial charge on any atom is -0.316 e. The Hall–Kier alpha value is -0.860. The Bertz CT molecular complexity index is 369. The van der Waals surface area contributed by atoms with E-state index in [1.165, 1.54) is 28.7 Å². The molecule has 1 saturated heterocycles. The molecule has 0 radical (unpaired) electrons. The summed E-state index contributed by atoms with van der Waals surface area (Å²) in [7, 11) is 2.09. The standard InChI is InChI=1S/C15H24N2/c1-10-7-11(2)14(12(3)8-10)15(16-4)13-5-6-17-9-13/h7-8,13,15-17H,5-6,9H2,1-4H3. The van der Waals surface area contributed by atoms with Crippen LogP contribution in [-0.2, 0) is 0 Å². The summed E-state index contributed by atoms with van der Waals surface area (Å²) in [4.78, 5) is 0. The van der Waals surface area contributed by atoms with Gasteiger partial charge in [0.15, 0.2) is 0 Å². The van der Waals surface area contributed by atoms with E-state index in [9.17, 15) is 0 Å². The van der Waals surface area contributed by atoms with Gasteiger partial charge in [0, 0.05) is 6.04 Å². The average molecular weight is 232 g/mol. The second-order valence-corrected chi connectivity index (χ2v) is 5.33. The molecule has 2 nitrogen and oxygen atoms in total.